The van der Waals surface area contributed by atoms with Crippen molar-refractivity contribution < 1.29 is 47.4 Å². The summed E-state index contributed by atoms with van der Waals surface area (Å²) in [5, 5.41) is 46.1. The lowest BCUT2D eigenvalue weighted by molar-refractivity contribution is -0.385. The Hall–Kier alpha value is -0.370. The summed E-state index contributed by atoms with van der Waals surface area (Å²) in [6.07, 6.45) is -8.12. The predicted octanol–water partition coefficient (Wildman–Crippen LogP) is -4.07. The van der Waals surface area contributed by atoms with E-state index in [-0.39, 0.29) is 0 Å². The molecule has 0 spiro atoms. The maximum absolute atomic E-state index is 10.4. The lowest BCUT2D eigenvalue weighted by Gasteiger charge is -2.43. The number of hydrogen-bond acceptors (Lipinski definition) is 9. The van der Waals surface area contributed by atoms with Crippen molar-refractivity contribution in [3.8, 4) is 0 Å². The molecule has 1 saturated heterocycles. The molecular formula is C6H12O10S. The smallest absolute Gasteiger partial charge is 0.394 e. The van der Waals surface area contributed by atoms with E-state index in [9.17, 15) is 28.8 Å². The Labute approximate surface area is 95.6 Å². The third kappa shape index (κ3) is 2.90. The molecule has 5 atom stereocenters. The van der Waals surface area contributed by atoms with E-state index in [1.807, 2.05) is 0 Å². The summed E-state index contributed by atoms with van der Waals surface area (Å²) in [4.78, 5) is 0. The van der Waals surface area contributed by atoms with E-state index < -0.39 is 47.4 Å². The van der Waals surface area contributed by atoms with E-state index in [2.05, 4.69) is 8.92 Å². The minimum Gasteiger partial charge on any atom is -0.394 e. The second kappa shape index (κ2) is 4.72. The Balaban J connectivity index is 3.00. The number of rotatable bonds is 3. The largest absolute Gasteiger partial charge is 0.400 e. The number of aliphatic hydroxyl groups is 5. The Morgan fingerprint density at radius 1 is 1.29 bits per heavy atom. The molecule has 0 bridgehead atoms. The Kier molecular flexibility index (Phi) is 4.08. The molecule has 0 amide bonds. The van der Waals surface area contributed by atoms with Gasteiger partial charge in [-0.1, -0.05) is 0 Å². The minimum absolute atomic E-state index is 0.808. The third-order valence-electron chi connectivity index (χ3n) is 2.20. The number of aliphatic hydroxyl groups excluding tert-OH is 4. The summed E-state index contributed by atoms with van der Waals surface area (Å²) in [5.74, 6) is -3.28. The van der Waals surface area contributed by atoms with Crippen LogP contribution in [0, 0.1) is 0 Å². The average Bonchev–Trinajstić information content (AvgIpc) is 2.19. The average molecular weight is 276 g/mol. The van der Waals surface area contributed by atoms with Crippen LogP contribution in [0.15, 0.2) is 0 Å². The zero-order chi connectivity index (χ0) is 13.4. The zero-order valence-corrected chi connectivity index (χ0v) is 9.06. The fourth-order valence-electron chi connectivity index (χ4n) is 1.35. The fraction of sp³-hybridized carbons (Fsp3) is 1.00. The van der Waals surface area contributed by atoms with Gasteiger partial charge in [0.2, 0.25) is 6.29 Å². The van der Waals surface area contributed by atoms with E-state index in [4.69, 9.17) is 9.66 Å². The molecule has 0 aromatic carbocycles. The first-order valence-corrected chi connectivity index (χ1v) is 5.69. The molecule has 1 aliphatic rings. The van der Waals surface area contributed by atoms with Crippen molar-refractivity contribution in [2.24, 2.45) is 0 Å². The molecule has 1 unspecified atom stereocenters. The molecule has 0 aliphatic carbocycles. The summed E-state index contributed by atoms with van der Waals surface area (Å²) >= 11 is 0. The van der Waals surface area contributed by atoms with Gasteiger partial charge in [0.25, 0.3) is 5.79 Å². The van der Waals surface area contributed by atoms with Crippen molar-refractivity contribution in [2.45, 2.75) is 30.4 Å². The molecule has 1 heterocycles. The van der Waals surface area contributed by atoms with Gasteiger partial charge in [0.15, 0.2) is 0 Å². The second-order valence-electron chi connectivity index (χ2n) is 3.41. The van der Waals surface area contributed by atoms with Crippen LogP contribution in [0.4, 0.5) is 0 Å². The molecule has 11 heteroatoms. The lowest BCUT2D eigenvalue weighted by Crippen LogP contribution is -2.68. The van der Waals surface area contributed by atoms with E-state index in [1.54, 1.807) is 0 Å². The van der Waals surface area contributed by atoms with Crippen molar-refractivity contribution >= 4 is 10.4 Å². The molecule has 1 fully saturated rings. The monoisotopic (exact) mass is 276 g/mol. The topological polar surface area (TPSA) is 174 Å². The van der Waals surface area contributed by atoms with E-state index >= 15 is 0 Å². The molecule has 6 N–H and O–H groups in total. The highest BCUT2D eigenvalue weighted by Crippen LogP contribution is 2.30. The second-order valence-corrected chi connectivity index (χ2v) is 4.43. The van der Waals surface area contributed by atoms with Crippen LogP contribution in [-0.4, -0.2) is 75.5 Å². The Bertz CT molecular complexity index is 367. The highest BCUT2D eigenvalue weighted by molar-refractivity contribution is 7.80. The van der Waals surface area contributed by atoms with Crippen LogP contribution in [0.3, 0.4) is 0 Å². The van der Waals surface area contributed by atoms with Crippen molar-refractivity contribution in [2.75, 3.05) is 6.61 Å². The van der Waals surface area contributed by atoms with E-state index in [0.717, 1.165) is 0 Å². The van der Waals surface area contributed by atoms with Gasteiger partial charge >= 0.3 is 10.4 Å². The van der Waals surface area contributed by atoms with Gasteiger partial charge in [-0.05, 0) is 0 Å². The van der Waals surface area contributed by atoms with Crippen LogP contribution in [-0.2, 0) is 19.3 Å². The zero-order valence-electron chi connectivity index (χ0n) is 8.24. The minimum atomic E-state index is -5.22. The van der Waals surface area contributed by atoms with Gasteiger partial charge < -0.3 is 30.3 Å². The first-order valence-electron chi connectivity index (χ1n) is 4.32. The highest BCUT2D eigenvalue weighted by atomic mass is 32.3. The molecule has 10 nitrogen and oxygen atoms in total. The molecule has 0 saturated carbocycles. The van der Waals surface area contributed by atoms with Gasteiger partial charge in [0.05, 0.1) is 6.61 Å². The van der Waals surface area contributed by atoms with E-state index in [0.29, 0.717) is 0 Å². The fourth-order valence-corrected chi connectivity index (χ4v) is 1.87. The molecule has 0 radical (unpaired) electrons. The van der Waals surface area contributed by atoms with Crippen LogP contribution >= 0.6 is 0 Å². The predicted molar refractivity (Wildman–Crippen MR) is 47.6 cm³/mol. The normalized spacial score (nSPS) is 43.6. The maximum Gasteiger partial charge on any atom is 0.400 e. The van der Waals surface area contributed by atoms with Crippen LogP contribution in [0.25, 0.3) is 0 Å². The van der Waals surface area contributed by atoms with Gasteiger partial charge in [-0.15, -0.1) is 0 Å². The summed E-state index contributed by atoms with van der Waals surface area (Å²) < 4.78 is 37.3. The highest BCUT2D eigenvalue weighted by Gasteiger charge is 2.58. The summed E-state index contributed by atoms with van der Waals surface area (Å²) in [7, 11) is -5.22. The summed E-state index contributed by atoms with van der Waals surface area (Å²) in [6, 6.07) is 0. The van der Waals surface area contributed by atoms with Crippen molar-refractivity contribution in [3.63, 3.8) is 0 Å². The lowest BCUT2D eigenvalue weighted by atomic mass is 9.96. The standard InChI is InChI=1S/C6H12O10S/c7-1-2-3(8)4(9)6(11,5(10)15-2)16-17(12,13)14/h2-5,7-11H,1H2,(H,12,13,14)/t2-,3+,4+,5?,6-/m1/s1. The van der Waals surface area contributed by atoms with Crippen LogP contribution in [0.2, 0.25) is 0 Å². The van der Waals surface area contributed by atoms with Crippen LogP contribution in [0.5, 0.6) is 0 Å². The van der Waals surface area contributed by atoms with Crippen molar-refractivity contribution in [1.82, 2.24) is 0 Å². The molecule has 17 heavy (non-hydrogen) atoms. The first-order chi connectivity index (χ1) is 7.62. The van der Waals surface area contributed by atoms with Gasteiger partial charge in [-0.2, -0.15) is 8.42 Å². The Morgan fingerprint density at radius 3 is 2.24 bits per heavy atom. The molecule has 0 aromatic rings. The van der Waals surface area contributed by atoms with Crippen LogP contribution in [0.1, 0.15) is 0 Å². The van der Waals surface area contributed by atoms with Gasteiger partial charge in [-0.3, -0.25) is 4.55 Å². The maximum atomic E-state index is 10.4. The van der Waals surface area contributed by atoms with Gasteiger partial charge in [0, 0.05) is 0 Å². The van der Waals surface area contributed by atoms with Crippen LogP contribution < -0.4 is 0 Å². The van der Waals surface area contributed by atoms with Crippen molar-refractivity contribution in [3.05, 3.63) is 0 Å². The number of hydrogen-bond donors (Lipinski definition) is 6. The molecule has 102 valence electrons. The first kappa shape index (κ1) is 14.7. The van der Waals surface area contributed by atoms with Gasteiger partial charge in [0.1, 0.15) is 18.3 Å². The quantitative estimate of drug-likeness (QED) is 0.220. The molecule has 1 aliphatic heterocycles. The molecule has 1 rings (SSSR count). The molecular weight excluding hydrogens is 264 g/mol. The Morgan fingerprint density at radius 2 is 1.82 bits per heavy atom. The summed E-state index contributed by atoms with van der Waals surface area (Å²) in [6.45, 7) is -0.808. The number of ether oxygens (including phenoxy) is 1. The van der Waals surface area contributed by atoms with Crippen molar-refractivity contribution in [1.29, 1.82) is 0 Å². The third-order valence-corrected chi connectivity index (χ3v) is 2.68. The SMILES string of the molecule is O=S(=O)(O)O[C@@]1(O)C(O)O[C@H](CO)[C@H](O)[C@@H]1O. The molecule has 0 aromatic heterocycles. The summed E-state index contributed by atoms with van der Waals surface area (Å²) in [5.41, 5.74) is 0. The van der Waals surface area contributed by atoms with E-state index in [1.165, 1.54) is 0 Å². The van der Waals surface area contributed by atoms with Gasteiger partial charge in [-0.25, -0.2) is 4.18 Å².